The van der Waals surface area contributed by atoms with Crippen molar-refractivity contribution in [1.82, 2.24) is 9.80 Å². The van der Waals surface area contributed by atoms with E-state index in [4.69, 9.17) is 4.74 Å². The van der Waals surface area contributed by atoms with Crippen LogP contribution in [0.4, 0.5) is 5.69 Å². The summed E-state index contributed by atoms with van der Waals surface area (Å²) >= 11 is 0. The number of benzene rings is 1. The summed E-state index contributed by atoms with van der Waals surface area (Å²) in [5.74, 6) is 1.49. The molecule has 1 aliphatic carbocycles. The summed E-state index contributed by atoms with van der Waals surface area (Å²) < 4.78 is 5.23. The van der Waals surface area contributed by atoms with Crippen LogP contribution in [0.15, 0.2) is 24.3 Å². The van der Waals surface area contributed by atoms with Gasteiger partial charge in [-0.25, -0.2) is 0 Å². The average molecular weight is 373 g/mol. The fourth-order valence-corrected chi connectivity index (χ4v) is 4.33. The molecule has 2 heterocycles. The lowest BCUT2D eigenvalue weighted by Crippen LogP contribution is -2.60. The Kier molecular flexibility index (Phi) is 5.28. The van der Waals surface area contributed by atoms with Gasteiger partial charge in [-0.05, 0) is 55.9 Å². The van der Waals surface area contributed by atoms with Gasteiger partial charge in [-0.1, -0.05) is 0 Å². The van der Waals surface area contributed by atoms with Gasteiger partial charge in [0, 0.05) is 51.5 Å². The van der Waals surface area contributed by atoms with E-state index in [2.05, 4.69) is 21.9 Å². The lowest BCUT2D eigenvalue weighted by atomic mass is 9.90. The molecule has 1 atom stereocenters. The first-order valence-corrected chi connectivity index (χ1v) is 10.2. The third kappa shape index (κ3) is 4.22. The van der Waals surface area contributed by atoms with E-state index in [1.807, 2.05) is 17.0 Å². The van der Waals surface area contributed by atoms with Crippen molar-refractivity contribution >= 4 is 11.6 Å². The molecule has 27 heavy (non-hydrogen) atoms. The van der Waals surface area contributed by atoms with Gasteiger partial charge in [0.05, 0.1) is 7.11 Å². The monoisotopic (exact) mass is 373 g/mol. The summed E-state index contributed by atoms with van der Waals surface area (Å²) in [6.07, 6.45) is 3.96. The number of ether oxygens (including phenoxy) is 1. The Morgan fingerprint density at radius 2 is 1.81 bits per heavy atom. The summed E-state index contributed by atoms with van der Waals surface area (Å²) in [6, 6.07) is 8.14. The van der Waals surface area contributed by atoms with E-state index in [1.54, 1.807) is 7.11 Å². The van der Waals surface area contributed by atoms with Crippen molar-refractivity contribution in [1.29, 1.82) is 0 Å². The van der Waals surface area contributed by atoms with Gasteiger partial charge in [-0.15, -0.1) is 0 Å². The number of likely N-dealkylation sites (tertiary alicyclic amines) is 1. The number of β-amino-alcohol motifs (C(OH)–C–C–N with tert-alkyl or cyclic N) is 1. The Morgan fingerprint density at radius 1 is 1.11 bits per heavy atom. The lowest BCUT2D eigenvalue weighted by molar-refractivity contribution is -0.159. The van der Waals surface area contributed by atoms with Gasteiger partial charge < -0.3 is 19.6 Å². The van der Waals surface area contributed by atoms with Crippen LogP contribution in [0.5, 0.6) is 5.75 Å². The standard InChI is InChI=1S/C21H31N3O3/c1-27-19-7-5-18(6-8-19)23-13-11-22(12-14-23)16-21(26)9-2-10-24(20(21)25)15-17-3-4-17/h5-8,17,26H,2-4,9-16H2,1H3/t21-/m0/s1. The normalized spacial score (nSPS) is 27.1. The predicted octanol–water partition coefficient (Wildman–Crippen LogP) is 1.58. The van der Waals surface area contributed by atoms with Gasteiger partial charge in [-0.2, -0.15) is 0 Å². The van der Waals surface area contributed by atoms with Crippen LogP contribution in [0.2, 0.25) is 0 Å². The van der Waals surface area contributed by atoms with Crippen LogP contribution in [0.25, 0.3) is 0 Å². The highest BCUT2D eigenvalue weighted by Gasteiger charge is 2.44. The second-order valence-electron chi connectivity index (χ2n) is 8.29. The number of piperidine rings is 1. The number of methoxy groups -OCH3 is 1. The Morgan fingerprint density at radius 3 is 2.44 bits per heavy atom. The topological polar surface area (TPSA) is 56.2 Å². The number of rotatable bonds is 6. The first-order chi connectivity index (χ1) is 13.1. The third-order valence-corrected chi connectivity index (χ3v) is 6.17. The third-order valence-electron chi connectivity index (χ3n) is 6.17. The zero-order valence-electron chi connectivity index (χ0n) is 16.3. The van der Waals surface area contributed by atoms with Gasteiger partial charge in [0.2, 0.25) is 0 Å². The van der Waals surface area contributed by atoms with Crippen LogP contribution < -0.4 is 9.64 Å². The predicted molar refractivity (Wildman–Crippen MR) is 105 cm³/mol. The van der Waals surface area contributed by atoms with Crippen LogP contribution in [0.3, 0.4) is 0 Å². The molecular formula is C21H31N3O3. The SMILES string of the molecule is COc1ccc(N2CCN(C[C@@]3(O)CCCN(CC4CC4)C3=O)CC2)cc1. The molecule has 0 unspecified atom stereocenters. The lowest BCUT2D eigenvalue weighted by Gasteiger charge is -2.43. The highest BCUT2D eigenvalue weighted by atomic mass is 16.5. The molecule has 148 valence electrons. The van der Waals surface area contributed by atoms with Crippen molar-refractivity contribution in [3.63, 3.8) is 0 Å². The minimum atomic E-state index is -1.20. The second-order valence-corrected chi connectivity index (χ2v) is 8.29. The second kappa shape index (κ2) is 7.68. The fourth-order valence-electron chi connectivity index (χ4n) is 4.33. The number of anilines is 1. The number of carbonyl (C=O) groups excluding carboxylic acids is 1. The highest BCUT2D eigenvalue weighted by Crippen LogP contribution is 2.33. The molecule has 3 aliphatic rings. The molecule has 6 nitrogen and oxygen atoms in total. The van der Waals surface area contributed by atoms with Crippen LogP contribution in [-0.4, -0.2) is 79.3 Å². The number of carbonyl (C=O) groups is 1. The molecule has 1 saturated carbocycles. The van der Waals surface area contributed by atoms with Crippen LogP contribution in [0.1, 0.15) is 25.7 Å². The van der Waals surface area contributed by atoms with Gasteiger partial charge in [-0.3, -0.25) is 9.69 Å². The molecule has 4 rings (SSSR count). The Balaban J connectivity index is 1.31. The van der Waals surface area contributed by atoms with Crippen molar-refractivity contribution in [2.75, 3.05) is 57.8 Å². The molecule has 6 heteroatoms. The summed E-state index contributed by atoms with van der Waals surface area (Å²) in [6.45, 7) is 5.65. The molecule has 0 spiro atoms. The molecule has 2 aliphatic heterocycles. The zero-order valence-corrected chi connectivity index (χ0v) is 16.3. The number of piperazine rings is 1. The number of hydrogen-bond donors (Lipinski definition) is 1. The number of nitrogens with zero attached hydrogens (tertiary/aromatic N) is 3. The van der Waals surface area contributed by atoms with E-state index >= 15 is 0 Å². The van der Waals surface area contributed by atoms with Crippen LogP contribution in [0, 0.1) is 5.92 Å². The molecule has 2 saturated heterocycles. The van der Waals surface area contributed by atoms with Crippen molar-refractivity contribution in [3.8, 4) is 5.75 Å². The van der Waals surface area contributed by atoms with E-state index in [0.717, 1.165) is 51.4 Å². The molecule has 1 amide bonds. The van der Waals surface area contributed by atoms with E-state index in [9.17, 15) is 9.90 Å². The van der Waals surface area contributed by atoms with E-state index in [1.165, 1.54) is 18.5 Å². The quantitative estimate of drug-likeness (QED) is 0.821. The van der Waals surface area contributed by atoms with Gasteiger partial charge in [0.15, 0.2) is 5.60 Å². The van der Waals surface area contributed by atoms with Crippen LogP contribution in [-0.2, 0) is 4.79 Å². The molecule has 1 N–H and O–H groups in total. The Labute approximate surface area is 161 Å². The van der Waals surface area contributed by atoms with E-state index < -0.39 is 5.60 Å². The summed E-state index contributed by atoms with van der Waals surface area (Å²) in [7, 11) is 1.68. The highest BCUT2D eigenvalue weighted by molar-refractivity contribution is 5.86. The molecule has 1 aromatic rings. The maximum absolute atomic E-state index is 12.9. The maximum Gasteiger partial charge on any atom is 0.255 e. The molecule has 3 fully saturated rings. The average Bonchev–Trinajstić information content (AvgIpc) is 3.50. The van der Waals surface area contributed by atoms with E-state index in [-0.39, 0.29) is 5.91 Å². The van der Waals surface area contributed by atoms with Gasteiger partial charge in [0.1, 0.15) is 5.75 Å². The largest absolute Gasteiger partial charge is 0.497 e. The van der Waals surface area contributed by atoms with Crippen molar-refractivity contribution < 1.29 is 14.6 Å². The van der Waals surface area contributed by atoms with Gasteiger partial charge in [0.25, 0.3) is 5.91 Å². The first-order valence-electron chi connectivity index (χ1n) is 10.2. The summed E-state index contributed by atoms with van der Waals surface area (Å²) in [5.41, 5.74) is -0.00592. The first kappa shape index (κ1) is 18.6. The molecular weight excluding hydrogens is 342 g/mol. The molecule has 0 radical (unpaired) electrons. The van der Waals surface area contributed by atoms with Crippen molar-refractivity contribution in [2.24, 2.45) is 5.92 Å². The maximum atomic E-state index is 12.9. The van der Waals surface area contributed by atoms with Crippen molar-refractivity contribution in [2.45, 2.75) is 31.3 Å². The summed E-state index contributed by atoms with van der Waals surface area (Å²) in [5, 5.41) is 11.1. The minimum absolute atomic E-state index is 0.0433. The molecule has 0 aromatic heterocycles. The van der Waals surface area contributed by atoms with Gasteiger partial charge >= 0.3 is 0 Å². The zero-order chi connectivity index (χ0) is 18.9. The molecule has 1 aromatic carbocycles. The minimum Gasteiger partial charge on any atom is -0.497 e. The smallest absolute Gasteiger partial charge is 0.255 e. The van der Waals surface area contributed by atoms with Crippen molar-refractivity contribution in [3.05, 3.63) is 24.3 Å². The molecule has 0 bridgehead atoms. The Bertz CT molecular complexity index is 653. The fraction of sp³-hybridized carbons (Fsp3) is 0.667. The number of aliphatic hydroxyl groups is 1. The summed E-state index contributed by atoms with van der Waals surface area (Å²) in [4.78, 5) is 19.4. The number of amides is 1. The van der Waals surface area contributed by atoms with E-state index in [0.29, 0.717) is 18.9 Å². The van der Waals surface area contributed by atoms with Crippen LogP contribution >= 0.6 is 0 Å². The Hall–Kier alpha value is -1.79. The number of hydrogen-bond acceptors (Lipinski definition) is 5.